The number of nitrogens with one attached hydrogen (secondary N) is 1. The van der Waals surface area contributed by atoms with E-state index in [-0.39, 0.29) is 5.54 Å². The van der Waals surface area contributed by atoms with Crippen LogP contribution < -0.4 is 16.0 Å². The first-order valence-corrected chi connectivity index (χ1v) is 10.1. The number of pyridine rings is 1. The van der Waals surface area contributed by atoms with Crippen LogP contribution >= 0.6 is 0 Å². The highest BCUT2D eigenvalue weighted by Crippen LogP contribution is 2.40. The lowest BCUT2D eigenvalue weighted by molar-refractivity contribution is 0.253. The Kier molecular flexibility index (Phi) is 4.18. The molecule has 2 aromatic carbocycles. The summed E-state index contributed by atoms with van der Waals surface area (Å²) >= 11 is 0. The summed E-state index contributed by atoms with van der Waals surface area (Å²) in [7, 11) is 2.11. The zero-order chi connectivity index (χ0) is 19.1. The minimum atomic E-state index is -0.128. The Hall–Kier alpha value is -2.69. The van der Waals surface area contributed by atoms with E-state index in [1.807, 2.05) is 0 Å². The molecular formula is C24H26N4. The molecule has 1 aliphatic heterocycles. The van der Waals surface area contributed by atoms with E-state index in [1.54, 1.807) is 0 Å². The van der Waals surface area contributed by atoms with Crippen molar-refractivity contribution < 1.29 is 0 Å². The third kappa shape index (κ3) is 2.89. The predicted molar refractivity (Wildman–Crippen MR) is 115 cm³/mol. The highest BCUT2D eigenvalue weighted by molar-refractivity contribution is 5.84. The lowest BCUT2D eigenvalue weighted by Gasteiger charge is -2.38. The molecular weight excluding hydrogens is 344 g/mol. The van der Waals surface area contributed by atoms with Crippen LogP contribution in [0.5, 0.6) is 0 Å². The van der Waals surface area contributed by atoms with E-state index in [4.69, 9.17) is 10.7 Å². The number of hydrogen-bond acceptors (Lipinski definition) is 4. The van der Waals surface area contributed by atoms with Crippen LogP contribution in [-0.4, -0.2) is 18.7 Å². The van der Waals surface area contributed by atoms with Crippen LogP contribution in [0.15, 0.2) is 60.7 Å². The van der Waals surface area contributed by atoms with Crippen molar-refractivity contribution in [2.45, 2.75) is 31.3 Å². The SMILES string of the molecule is CN1CNCc2nc(-c3ccc(C4(N)CCC4)cc3)c(-c3ccccc3)cc21. The van der Waals surface area contributed by atoms with Crippen molar-refractivity contribution in [3.05, 3.63) is 71.9 Å². The van der Waals surface area contributed by atoms with Gasteiger partial charge in [-0.05, 0) is 36.5 Å². The Balaban J connectivity index is 1.63. The summed E-state index contributed by atoms with van der Waals surface area (Å²) in [6.07, 6.45) is 3.39. The molecule has 4 nitrogen and oxygen atoms in total. The summed E-state index contributed by atoms with van der Waals surface area (Å²) in [4.78, 5) is 7.32. The van der Waals surface area contributed by atoms with Gasteiger partial charge >= 0.3 is 0 Å². The second kappa shape index (κ2) is 6.73. The van der Waals surface area contributed by atoms with E-state index in [9.17, 15) is 0 Å². The highest BCUT2D eigenvalue weighted by atomic mass is 15.2. The molecule has 0 radical (unpaired) electrons. The number of rotatable bonds is 3. The molecule has 0 bridgehead atoms. The zero-order valence-electron chi connectivity index (χ0n) is 16.3. The molecule has 3 N–H and O–H groups in total. The van der Waals surface area contributed by atoms with Gasteiger partial charge in [-0.25, -0.2) is 4.98 Å². The van der Waals surface area contributed by atoms with Crippen molar-refractivity contribution in [2.24, 2.45) is 5.73 Å². The molecule has 2 aliphatic rings. The van der Waals surface area contributed by atoms with Gasteiger partial charge in [-0.2, -0.15) is 0 Å². The first-order valence-electron chi connectivity index (χ1n) is 10.1. The van der Waals surface area contributed by atoms with Crippen molar-refractivity contribution in [1.82, 2.24) is 10.3 Å². The maximum atomic E-state index is 6.51. The Bertz CT molecular complexity index is 991. The third-order valence-electron chi connectivity index (χ3n) is 6.20. The number of benzene rings is 2. The van der Waals surface area contributed by atoms with Gasteiger partial charge in [0.2, 0.25) is 0 Å². The molecule has 4 heteroatoms. The fraction of sp³-hybridized carbons (Fsp3) is 0.292. The second-order valence-electron chi connectivity index (χ2n) is 8.09. The zero-order valence-corrected chi connectivity index (χ0v) is 16.3. The van der Waals surface area contributed by atoms with Crippen LogP contribution in [0.4, 0.5) is 5.69 Å². The van der Waals surface area contributed by atoms with Gasteiger partial charge in [-0.3, -0.25) is 5.32 Å². The maximum absolute atomic E-state index is 6.51. The summed E-state index contributed by atoms with van der Waals surface area (Å²) in [6, 6.07) is 21.6. The van der Waals surface area contributed by atoms with Gasteiger partial charge in [0.1, 0.15) is 0 Å². The molecule has 0 unspecified atom stereocenters. The fourth-order valence-electron chi connectivity index (χ4n) is 4.29. The van der Waals surface area contributed by atoms with E-state index < -0.39 is 0 Å². The Morgan fingerprint density at radius 2 is 1.75 bits per heavy atom. The summed E-state index contributed by atoms with van der Waals surface area (Å²) in [5.74, 6) is 0. The van der Waals surface area contributed by atoms with Gasteiger partial charge in [0.15, 0.2) is 0 Å². The van der Waals surface area contributed by atoms with Gasteiger partial charge in [-0.1, -0.05) is 54.6 Å². The number of nitrogens with two attached hydrogens (primary N) is 1. The molecule has 1 fully saturated rings. The minimum Gasteiger partial charge on any atom is -0.360 e. The maximum Gasteiger partial charge on any atom is 0.0785 e. The molecule has 1 aromatic heterocycles. The Labute approximate surface area is 166 Å². The summed E-state index contributed by atoms with van der Waals surface area (Å²) in [5, 5.41) is 3.42. The molecule has 3 aromatic rings. The van der Waals surface area contributed by atoms with Crippen LogP contribution in [-0.2, 0) is 12.1 Å². The van der Waals surface area contributed by atoms with Gasteiger partial charge in [0.05, 0.1) is 23.7 Å². The summed E-state index contributed by atoms with van der Waals surface area (Å²) in [5.41, 5.74) is 14.5. The minimum absolute atomic E-state index is 0.128. The first kappa shape index (κ1) is 17.4. The molecule has 142 valence electrons. The van der Waals surface area contributed by atoms with E-state index >= 15 is 0 Å². The average molecular weight is 371 g/mol. The Morgan fingerprint density at radius 1 is 1.00 bits per heavy atom. The van der Waals surface area contributed by atoms with Crippen LogP contribution in [0.2, 0.25) is 0 Å². The standard InChI is InChI=1S/C24H26N4/c1-28-16-26-15-21-22(28)14-20(17-6-3-2-4-7-17)23(27-21)18-8-10-19(11-9-18)24(25)12-5-13-24/h2-4,6-11,14,26H,5,12-13,15-16,25H2,1H3. The van der Waals surface area contributed by atoms with Gasteiger partial charge < -0.3 is 10.6 Å². The summed E-state index contributed by atoms with van der Waals surface area (Å²) < 4.78 is 0. The van der Waals surface area contributed by atoms with E-state index in [0.717, 1.165) is 43.0 Å². The number of hydrogen-bond donors (Lipinski definition) is 2. The molecule has 28 heavy (non-hydrogen) atoms. The highest BCUT2D eigenvalue weighted by Gasteiger charge is 2.34. The molecule has 2 heterocycles. The fourth-order valence-corrected chi connectivity index (χ4v) is 4.29. The molecule has 0 spiro atoms. The predicted octanol–water partition coefficient (Wildman–Crippen LogP) is 4.25. The van der Waals surface area contributed by atoms with Crippen molar-refractivity contribution in [1.29, 1.82) is 0 Å². The van der Waals surface area contributed by atoms with E-state index in [1.165, 1.54) is 28.8 Å². The summed E-state index contributed by atoms with van der Waals surface area (Å²) in [6.45, 7) is 1.64. The van der Waals surface area contributed by atoms with Gasteiger partial charge in [0, 0.05) is 30.3 Å². The van der Waals surface area contributed by atoms with Crippen LogP contribution in [0.3, 0.4) is 0 Å². The number of fused-ring (bicyclic) bond motifs is 1. The second-order valence-corrected chi connectivity index (χ2v) is 8.09. The molecule has 0 atom stereocenters. The topological polar surface area (TPSA) is 54.2 Å². The van der Waals surface area contributed by atoms with Crippen molar-refractivity contribution in [3.8, 4) is 22.4 Å². The largest absolute Gasteiger partial charge is 0.360 e. The molecule has 1 saturated carbocycles. The lowest BCUT2D eigenvalue weighted by atomic mass is 9.72. The third-order valence-corrected chi connectivity index (χ3v) is 6.20. The number of aromatic nitrogens is 1. The molecule has 1 aliphatic carbocycles. The van der Waals surface area contributed by atoms with Crippen molar-refractivity contribution >= 4 is 5.69 Å². The van der Waals surface area contributed by atoms with Crippen molar-refractivity contribution in [3.63, 3.8) is 0 Å². The molecule has 0 amide bonds. The lowest BCUT2D eigenvalue weighted by Crippen LogP contribution is -2.43. The first-order chi connectivity index (χ1) is 13.6. The van der Waals surface area contributed by atoms with Gasteiger partial charge in [-0.15, -0.1) is 0 Å². The van der Waals surface area contributed by atoms with Crippen LogP contribution in [0.25, 0.3) is 22.4 Å². The number of anilines is 1. The van der Waals surface area contributed by atoms with Crippen LogP contribution in [0, 0.1) is 0 Å². The van der Waals surface area contributed by atoms with E-state index in [0.29, 0.717) is 0 Å². The Morgan fingerprint density at radius 3 is 2.43 bits per heavy atom. The monoisotopic (exact) mass is 370 g/mol. The molecule has 5 rings (SSSR count). The smallest absolute Gasteiger partial charge is 0.0785 e. The quantitative estimate of drug-likeness (QED) is 0.724. The molecule has 0 saturated heterocycles. The van der Waals surface area contributed by atoms with Crippen molar-refractivity contribution in [2.75, 3.05) is 18.6 Å². The van der Waals surface area contributed by atoms with Crippen LogP contribution in [0.1, 0.15) is 30.5 Å². The average Bonchev–Trinajstić information content (AvgIpc) is 2.72. The van der Waals surface area contributed by atoms with E-state index in [2.05, 4.69) is 77.9 Å². The van der Waals surface area contributed by atoms with Gasteiger partial charge in [0.25, 0.3) is 0 Å². The number of nitrogens with zero attached hydrogens (tertiary/aromatic N) is 2. The normalized spacial score (nSPS) is 17.7.